The van der Waals surface area contributed by atoms with Crippen molar-refractivity contribution >= 4 is 28.1 Å². The van der Waals surface area contributed by atoms with E-state index in [0.717, 1.165) is 17.6 Å². The summed E-state index contributed by atoms with van der Waals surface area (Å²) in [5.41, 5.74) is 3.73. The van der Waals surface area contributed by atoms with Crippen molar-refractivity contribution in [3.05, 3.63) is 76.4 Å². The van der Waals surface area contributed by atoms with Crippen molar-refractivity contribution in [1.29, 1.82) is 0 Å². The molecule has 0 saturated carbocycles. The maximum atomic E-state index is 12.4. The van der Waals surface area contributed by atoms with Gasteiger partial charge in [0.2, 0.25) is 0 Å². The number of nitrogens with one attached hydrogen (secondary N) is 2. The highest BCUT2D eigenvalue weighted by Gasteiger charge is 2.14. The van der Waals surface area contributed by atoms with Crippen molar-refractivity contribution in [2.75, 3.05) is 0 Å². The third-order valence-corrected chi connectivity index (χ3v) is 5.12. The van der Waals surface area contributed by atoms with E-state index in [1.165, 1.54) is 10.9 Å². The number of thiophene rings is 1. The van der Waals surface area contributed by atoms with Gasteiger partial charge in [0.15, 0.2) is 0 Å². The van der Waals surface area contributed by atoms with Crippen LogP contribution in [0.2, 0.25) is 0 Å². The molecule has 0 aliphatic heterocycles. The number of fused-ring (bicyclic) bond motifs is 1. The predicted octanol–water partition coefficient (Wildman–Crippen LogP) is 3.84. The first kappa shape index (κ1) is 16.6. The molecule has 5 nitrogen and oxygen atoms in total. The Morgan fingerprint density at radius 2 is 2.19 bits per heavy atom. The largest absolute Gasteiger partial charge is 0.348 e. The Labute approximate surface area is 155 Å². The SMILES string of the molecule is C[C@H](Cc1ccsc1)NC(=O)c1cc(Cn2ccc3ccccc32)[nH]n1. The number of carbonyl (C=O) groups excluding carboxylic acids is 1. The van der Waals surface area contributed by atoms with Crippen LogP contribution in [0.1, 0.15) is 28.7 Å². The first-order valence-corrected chi connectivity index (χ1v) is 9.53. The fourth-order valence-corrected chi connectivity index (χ4v) is 3.81. The number of nitrogens with zero attached hydrogens (tertiary/aromatic N) is 2. The lowest BCUT2D eigenvalue weighted by molar-refractivity contribution is 0.0935. The molecule has 3 aromatic heterocycles. The number of hydrogen-bond donors (Lipinski definition) is 2. The molecule has 1 aromatic carbocycles. The lowest BCUT2D eigenvalue weighted by atomic mass is 10.1. The summed E-state index contributed by atoms with van der Waals surface area (Å²) in [6.07, 6.45) is 2.87. The van der Waals surface area contributed by atoms with Crippen LogP contribution in [-0.4, -0.2) is 26.7 Å². The summed E-state index contributed by atoms with van der Waals surface area (Å²) >= 11 is 1.67. The zero-order chi connectivity index (χ0) is 17.9. The van der Waals surface area contributed by atoms with Crippen LogP contribution in [0.15, 0.2) is 59.4 Å². The second-order valence-electron chi connectivity index (χ2n) is 6.49. The number of benzene rings is 1. The van der Waals surface area contributed by atoms with Gasteiger partial charge in [0.25, 0.3) is 5.91 Å². The number of aromatic nitrogens is 3. The molecule has 0 aliphatic carbocycles. The van der Waals surface area contributed by atoms with Gasteiger partial charge in [-0.3, -0.25) is 9.89 Å². The Bertz CT molecular complexity index is 1020. The van der Waals surface area contributed by atoms with Gasteiger partial charge in [0, 0.05) is 17.8 Å². The minimum Gasteiger partial charge on any atom is -0.348 e. The van der Waals surface area contributed by atoms with Crippen LogP contribution in [0.4, 0.5) is 0 Å². The molecule has 1 atom stereocenters. The summed E-state index contributed by atoms with van der Waals surface area (Å²) in [7, 11) is 0. The van der Waals surface area contributed by atoms with Crippen molar-refractivity contribution in [2.45, 2.75) is 25.9 Å². The number of para-hydroxylation sites is 1. The summed E-state index contributed by atoms with van der Waals surface area (Å²) in [6.45, 7) is 2.66. The highest BCUT2D eigenvalue weighted by atomic mass is 32.1. The summed E-state index contributed by atoms with van der Waals surface area (Å²) in [6, 6.07) is 14.3. The van der Waals surface area contributed by atoms with E-state index in [1.54, 1.807) is 11.3 Å². The fraction of sp³-hybridized carbons (Fsp3) is 0.200. The lowest BCUT2D eigenvalue weighted by Gasteiger charge is -2.11. The van der Waals surface area contributed by atoms with Crippen LogP contribution in [-0.2, 0) is 13.0 Å². The van der Waals surface area contributed by atoms with Crippen molar-refractivity contribution in [1.82, 2.24) is 20.1 Å². The van der Waals surface area contributed by atoms with Crippen LogP contribution in [0.25, 0.3) is 10.9 Å². The van der Waals surface area contributed by atoms with Crippen molar-refractivity contribution < 1.29 is 4.79 Å². The number of H-pyrrole nitrogens is 1. The maximum Gasteiger partial charge on any atom is 0.271 e. The van der Waals surface area contributed by atoms with E-state index < -0.39 is 0 Å². The normalized spacial score (nSPS) is 12.3. The van der Waals surface area contributed by atoms with Gasteiger partial charge in [-0.1, -0.05) is 18.2 Å². The number of rotatable bonds is 6. The summed E-state index contributed by atoms with van der Waals surface area (Å²) in [5.74, 6) is -0.146. The van der Waals surface area contributed by atoms with E-state index in [4.69, 9.17) is 0 Å². The Morgan fingerprint density at radius 3 is 3.04 bits per heavy atom. The number of aromatic amines is 1. The molecular weight excluding hydrogens is 344 g/mol. The van der Waals surface area contributed by atoms with E-state index in [0.29, 0.717) is 12.2 Å². The molecule has 1 amide bonds. The molecule has 0 spiro atoms. The van der Waals surface area contributed by atoms with E-state index in [1.807, 2.05) is 31.3 Å². The molecule has 0 unspecified atom stereocenters. The molecule has 3 heterocycles. The Kier molecular flexibility index (Phi) is 4.58. The molecule has 26 heavy (non-hydrogen) atoms. The zero-order valence-corrected chi connectivity index (χ0v) is 15.3. The molecule has 4 rings (SSSR count). The van der Waals surface area contributed by atoms with Crippen molar-refractivity contribution in [3.8, 4) is 0 Å². The zero-order valence-electron chi connectivity index (χ0n) is 14.5. The van der Waals surface area contributed by atoms with Crippen LogP contribution in [0.3, 0.4) is 0 Å². The molecule has 0 saturated heterocycles. The van der Waals surface area contributed by atoms with Crippen molar-refractivity contribution in [2.24, 2.45) is 0 Å². The second-order valence-corrected chi connectivity index (χ2v) is 7.27. The Morgan fingerprint density at radius 1 is 1.31 bits per heavy atom. The maximum absolute atomic E-state index is 12.4. The lowest BCUT2D eigenvalue weighted by Crippen LogP contribution is -2.34. The van der Waals surface area contributed by atoms with Crippen LogP contribution < -0.4 is 5.32 Å². The van der Waals surface area contributed by atoms with Crippen molar-refractivity contribution in [3.63, 3.8) is 0 Å². The first-order valence-electron chi connectivity index (χ1n) is 8.59. The second kappa shape index (κ2) is 7.17. The van der Waals surface area contributed by atoms with Gasteiger partial charge < -0.3 is 9.88 Å². The predicted molar refractivity (Wildman–Crippen MR) is 105 cm³/mol. The van der Waals surface area contributed by atoms with Crippen LogP contribution >= 0.6 is 11.3 Å². The van der Waals surface area contributed by atoms with Gasteiger partial charge in [-0.05, 0) is 59.3 Å². The minimum atomic E-state index is -0.146. The molecular formula is C20H20N4OS. The number of amides is 1. The first-order chi connectivity index (χ1) is 12.7. The molecule has 6 heteroatoms. The fourth-order valence-electron chi connectivity index (χ4n) is 3.13. The van der Waals surface area contributed by atoms with Gasteiger partial charge in [-0.2, -0.15) is 16.4 Å². The van der Waals surface area contributed by atoms with Gasteiger partial charge in [-0.15, -0.1) is 0 Å². The third-order valence-electron chi connectivity index (χ3n) is 4.38. The van der Waals surface area contributed by atoms with Gasteiger partial charge in [-0.25, -0.2) is 0 Å². The molecule has 0 aliphatic rings. The average Bonchev–Trinajstić information content (AvgIpc) is 3.37. The third kappa shape index (κ3) is 3.55. The van der Waals surface area contributed by atoms with Crippen LogP contribution in [0.5, 0.6) is 0 Å². The van der Waals surface area contributed by atoms with Crippen LogP contribution in [0, 0.1) is 0 Å². The molecule has 2 N–H and O–H groups in total. The summed E-state index contributed by atoms with van der Waals surface area (Å²) in [5, 5.41) is 15.5. The summed E-state index contributed by atoms with van der Waals surface area (Å²) in [4.78, 5) is 12.4. The molecule has 0 fully saturated rings. The number of carbonyl (C=O) groups is 1. The smallest absolute Gasteiger partial charge is 0.271 e. The topological polar surface area (TPSA) is 62.7 Å². The van der Waals surface area contributed by atoms with Gasteiger partial charge >= 0.3 is 0 Å². The molecule has 132 valence electrons. The Balaban J connectivity index is 1.41. The summed E-state index contributed by atoms with van der Waals surface area (Å²) < 4.78 is 2.14. The van der Waals surface area contributed by atoms with E-state index in [-0.39, 0.29) is 11.9 Å². The molecule has 0 bridgehead atoms. The van der Waals surface area contributed by atoms with Gasteiger partial charge in [0.1, 0.15) is 5.69 Å². The molecule has 0 radical (unpaired) electrons. The molecule has 4 aromatic rings. The van der Waals surface area contributed by atoms with E-state index in [2.05, 4.69) is 55.1 Å². The van der Waals surface area contributed by atoms with E-state index in [9.17, 15) is 4.79 Å². The highest BCUT2D eigenvalue weighted by Crippen LogP contribution is 2.16. The van der Waals surface area contributed by atoms with E-state index >= 15 is 0 Å². The monoisotopic (exact) mass is 364 g/mol. The quantitative estimate of drug-likeness (QED) is 0.546. The average molecular weight is 364 g/mol. The van der Waals surface area contributed by atoms with Gasteiger partial charge in [0.05, 0.1) is 12.2 Å². The minimum absolute atomic E-state index is 0.0608. The standard InChI is InChI=1S/C20H20N4OS/c1-14(10-15-7-9-26-13-15)21-20(25)18-11-17(22-23-18)12-24-8-6-16-4-2-3-5-19(16)24/h2-9,11,13-14H,10,12H2,1H3,(H,21,25)(H,22,23)/t14-/m1/s1. The number of hydrogen-bond acceptors (Lipinski definition) is 3. The highest BCUT2D eigenvalue weighted by molar-refractivity contribution is 7.07. The Hall–Kier alpha value is -2.86.